The van der Waals surface area contributed by atoms with Crippen LogP contribution in [0.1, 0.15) is 37.0 Å². The highest BCUT2D eigenvalue weighted by Crippen LogP contribution is 2.25. The number of para-hydroxylation sites is 1. The number of aromatic amines is 1. The van der Waals surface area contributed by atoms with Gasteiger partial charge >= 0.3 is 0 Å². The van der Waals surface area contributed by atoms with Gasteiger partial charge in [0.1, 0.15) is 0 Å². The number of hydrogen-bond donors (Lipinski definition) is 2. The van der Waals surface area contributed by atoms with E-state index in [1.165, 1.54) is 22.1 Å². The van der Waals surface area contributed by atoms with Gasteiger partial charge in [0.2, 0.25) is 5.91 Å². The highest BCUT2D eigenvalue weighted by molar-refractivity contribution is 5.84. The van der Waals surface area contributed by atoms with E-state index < -0.39 is 0 Å². The van der Waals surface area contributed by atoms with Crippen molar-refractivity contribution in [3.63, 3.8) is 0 Å². The number of carbonyl (C=O) groups excluding carboxylic acids is 1. The van der Waals surface area contributed by atoms with Crippen molar-refractivity contribution in [3.8, 4) is 0 Å². The van der Waals surface area contributed by atoms with Crippen molar-refractivity contribution in [3.05, 3.63) is 71.4 Å². The highest BCUT2D eigenvalue weighted by atomic mass is 16.1. The van der Waals surface area contributed by atoms with E-state index in [0.29, 0.717) is 13.0 Å². The first kappa shape index (κ1) is 18.8. The summed E-state index contributed by atoms with van der Waals surface area (Å²) < 4.78 is 0. The van der Waals surface area contributed by atoms with E-state index in [1.807, 2.05) is 18.3 Å². The summed E-state index contributed by atoms with van der Waals surface area (Å²) in [5.74, 6) is 0.121. The quantitative estimate of drug-likeness (QED) is 0.683. The fourth-order valence-corrected chi connectivity index (χ4v) is 4.11. The lowest BCUT2D eigenvalue weighted by Gasteiger charge is -2.41. The van der Waals surface area contributed by atoms with Gasteiger partial charge in [0.05, 0.1) is 0 Å². The predicted octanol–water partition coefficient (Wildman–Crippen LogP) is 4.05. The Morgan fingerprint density at radius 1 is 1.11 bits per heavy atom. The van der Waals surface area contributed by atoms with Crippen LogP contribution in [0.15, 0.2) is 54.7 Å². The summed E-state index contributed by atoms with van der Waals surface area (Å²) in [5, 5.41) is 4.37. The number of hydrogen-bond acceptors (Lipinski definition) is 2. The fourth-order valence-electron chi connectivity index (χ4n) is 4.11. The average Bonchev–Trinajstić information content (AvgIpc) is 3.13. The summed E-state index contributed by atoms with van der Waals surface area (Å²) in [6.45, 7) is 7.10. The Bertz CT molecular complexity index is 973. The van der Waals surface area contributed by atoms with E-state index in [9.17, 15) is 4.79 Å². The molecule has 0 radical (unpaired) electrons. The first-order valence-corrected chi connectivity index (χ1v) is 10.2. The second kappa shape index (κ2) is 7.80. The van der Waals surface area contributed by atoms with Crippen molar-refractivity contribution in [2.75, 3.05) is 13.1 Å². The summed E-state index contributed by atoms with van der Waals surface area (Å²) in [7, 11) is 0. The number of carbonyl (C=O) groups is 1. The van der Waals surface area contributed by atoms with Gasteiger partial charge in [0.15, 0.2) is 0 Å². The smallest absolute Gasteiger partial charge is 0.220 e. The number of aryl methyl sites for hydroxylation is 1. The van der Waals surface area contributed by atoms with E-state index in [-0.39, 0.29) is 11.4 Å². The van der Waals surface area contributed by atoms with E-state index >= 15 is 0 Å². The van der Waals surface area contributed by atoms with Gasteiger partial charge < -0.3 is 10.3 Å². The van der Waals surface area contributed by atoms with Gasteiger partial charge in [-0.25, -0.2) is 0 Å². The summed E-state index contributed by atoms with van der Waals surface area (Å²) in [5.41, 5.74) is 5.14. The first-order valence-electron chi connectivity index (χ1n) is 10.2. The molecule has 0 spiro atoms. The van der Waals surface area contributed by atoms with Crippen LogP contribution in [-0.2, 0) is 24.2 Å². The lowest BCUT2D eigenvalue weighted by molar-refractivity contribution is -0.121. The van der Waals surface area contributed by atoms with Gasteiger partial charge in [-0.1, -0.05) is 42.5 Å². The third kappa shape index (κ3) is 3.97. The van der Waals surface area contributed by atoms with Crippen LogP contribution in [0.5, 0.6) is 0 Å². The Morgan fingerprint density at radius 2 is 1.86 bits per heavy atom. The molecule has 1 aromatic heterocycles. The predicted molar refractivity (Wildman–Crippen MR) is 114 cm³/mol. The molecule has 3 aromatic rings. The molecule has 1 aliphatic rings. The molecule has 4 heteroatoms. The van der Waals surface area contributed by atoms with E-state index in [2.05, 4.69) is 65.4 Å². The standard InChI is InChI=1S/C24H29N3O/c1-24(2,27-14-13-18-7-3-4-8-20(18)16-27)17-26-23(28)12-11-19-15-25-22-10-6-5-9-21(19)22/h3-10,15,25H,11-14,16-17H2,1-2H3,(H,26,28). The molecule has 0 atom stereocenters. The number of H-pyrrole nitrogens is 1. The van der Waals surface area contributed by atoms with Gasteiger partial charge in [-0.15, -0.1) is 0 Å². The molecule has 0 fully saturated rings. The second-order valence-corrected chi connectivity index (χ2v) is 8.39. The monoisotopic (exact) mass is 375 g/mol. The van der Waals surface area contributed by atoms with Crippen LogP contribution >= 0.6 is 0 Å². The molecule has 0 saturated carbocycles. The molecule has 2 aromatic carbocycles. The maximum absolute atomic E-state index is 12.5. The minimum absolute atomic E-state index is 0.0655. The molecule has 2 N–H and O–H groups in total. The van der Waals surface area contributed by atoms with Gasteiger partial charge in [0, 0.05) is 48.7 Å². The minimum atomic E-state index is -0.0655. The number of nitrogens with one attached hydrogen (secondary N) is 2. The molecular formula is C24H29N3O. The first-order chi connectivity index (χ1) is 13.5. The van der Waals surface area contributed by atoms with Crippen LogP contribution in [-0.4, -0.2) is 34.4 Å². The largest absolute Gasteiger partial charge is 0.361 e. The third-order valence-corrected chi connectivity index (χ3v) is 6.00. The topological polar surface area (TPSA) is 48.1 Å². The number of aromatic nitrogens is 1. The van der Waals surface area contributed by atoms with Crippen molar-refractivity contribution in [1.82, 2.24) is 15.2 Å². The van der Waals surface area contributed by atoms with Crippen molar-refractivity contribution >= 4 is 16.8 Å². The molecule has 0 unspecified atom stereocenters. The third-order valence-electron chi connectivity index (χ3n) is 6.00. The van der Waals surface area contributed by atoms with Crippen LogP contribution in [0.2, 0.25) is 0 Å². The van der Waals surface area contributed by atoms with Crippen molar-refractivity contribution in [2.24, 2.45) is 0 Å². The van der Waals surface area contributed by atoms with Crippen LogP contribution in [0.25, 0.3) is 10.9 Å². The van der Waals surface area contributed by atoms with Gasteiger partial charge in [0.25, 0.3) is 0 Å². The molecule has 28 heavy (non-hydrogen) atoms. The Balaban J connectivity index is 1.30. The zero-order chi connectivity index (χ0) is 19.6. The Morgan fingerprint density at radius 3 is 2.71 bits per heavy atom. The summed E-state index contributed by atoms with van der Waals surface area (Å²) in [4.78, 5) is 18.2. The number of benzene rings is 2. The Hall–Kier alpha value is -2.59. The minimum Gasteiger partial charge on any atom is -0.361 e. The molecule has 1 amide bonds. The van der Waals surface area contributed by atoms with Crippen LogP contribution in [0.4, 0.5) is 0 Å². The van der Waals surface area contributed by atoms with E-state index in [0.717, 1.165) is 31.4 Å². The zero-order valence-electron chi connectivity index (χ0n) is 16.8. The van der Waals surface area contributed by atoms with Crippen LogP contribution in [0, 0.1) is 0 Å². The maximum Gasteiger partial charge on any atom is 0.220 e. The number of nitrogens with zero attached hydrogens (tertiary/aromatic N) is 1. The Labute approximate surface area is 166 Å². The fraction of sp³-hybridized carbons (Fsp3) is 0.375. The van der Waals surface area contributed by atoms with Crippen molar-refractivity contribution in [1.29, 1.82) is 0 Å². The van der Waals surface area contributed by atoms with Gasteiger partial charge in [-0.2, -0.15) is 0 Å². The molecule has 0 bridgehead atoms. The number of amides is 1. The number of fused-ring (bicyclic) bond motifs is 2. The maximum atomic E-state index is 12.5. The molecular weight excluding hydrogens is 346 g/mol. The molecule has 4 nitrogen and oxygen atoms in total. The van der Waals surface area contributed by atoms with Gasteiger partial charge in [-0.3, -0.25) is 9.69 Å². The second-order valence-electron chi connectivity index (χ2n) is 8.39. The molecule has 0 saturated heterocycles. The van der Waals surface area contributed by atoms with Crippen LogP contribution < -0.4 is 5.32 Å². The zero-order valence-corrected chi connectivity index (χ0v) is 16.8. The normalized spacial score (nSPS) is 14.8. The summed E-state index contributed by atoms with van der Waals surface area (Å²) in [6, 6.07) is 16.9. The SMILES string of the molecule is CC(C)(CNC(=O)CCc1c[nH]c2ccccc12)N1CCc2ccccc2C1. The summed E-state index contributed by atoms with van der Waals surface area (Å²) >= 11 is 0. The molecule has 0 aliphatic carbocycles. The van der Waals surface area contributed by atoms with Gasteiger partial charge in [-0.05, 0) is 49.4 Å². The molecule has 146 valence electrons. The van der Waals surface area contributed by atoms with Crippen molar-refractivity contribution in [2.45, 2.75) is 45.2 Å². The molecule has 4 rings (SSSR count). The number of rotatable bonds is 6. The van der Waals surface area contributed by atoms with E-state index in [1.54, 1.807) is 0 Å². The molecule has 1 aliphatic heterocycles. The van der Waals surface area contributed by atoms with Crippen LogP contribution in [0.3, 0.4) is 0 Å². The highest BCUT2D eigenvalue weighted by Gasteiger charge is 2.30. The lowest BCUT2D eigenvalue weighted by atomic mass is 9.94. The van der Waals surface area contributed by atoms with E-state index in [4.69, 9.17) is 0 Å². The lowest BCUT2D eigenvalue weighted by Crippen LogP contribution is -2.53. The summed E-state index contributed by atoms with van der Waals surface area (Å²) in [6.07, 6.45) is 4.37. The van der Waals surface area contributed by atoms with Crippen molar-refractivity contribution < 1.29 is 4.79 Å². The Kier molecular flexibility index (Phi) is 5.23. The molecule has 2 heterocycles. The average molecular weight is 376 g/mol.